The number of para-hydroxylation sites is 1. The number of fused-ring (bicyclic) bond motifs is 3. The Morgan fingerprint density at radius 2 is 1.70 bits per heavy atom. The SMILES string of the molecule is FC(F)(F)CC(Cl)c1ccc2oc3ccccc3c2c1. The third-order valence-corrected chi connectivity index (χ3v) is 3.58. The van der Waals surface area contributed by atoms with E-state index >= 15 is 0 Å². The number of hydrogen-bond acceptors (Lipinski definition) is 1. The Morgan fingerprint density at radius 1 is 1.00 bits per heavy atom. The molecule has 0 spiro atoms. The molecular formula is C15H10ClF3O. The lowest BCUT2D eigenvalue weighted by Crippen LogP contribution is -2.10. The van der Waals surface area contributed by atoms with Gasteiger partial charge in [-0.25, -0.2) is 0 Å². The maximum Gasteiger partial charge on any atom is 0.390 e. The number of rotatable bonds is 2. The molecule has 1 aromatic heterocycles. The molecule has 0 saturated carbocycles. The number of furan rings is 1. The number of benzene rings is 2. The van der Waals surface area contributed by atoms with Gasteiger partial charge in [-0.15, -0.1) is 11.6 Å². The van der Waals surface area contributed by atoms with Gasteiger partial charge in [-0.1, -0.05) is 24.3 Å². The molecule has 0 N–H and O–H groups in total. The van der Waals surface area contributed by atoms with Gasteiger partial charge in [0.25, 0.3) is 0 Å². The van der Waals surface area contributed by atoms with Crippen LogP contribution in [0.2, 0.25) is 0 Å². The van der Waals surface area contributed by atoms with E-state index in [2.05, 4.69) is 0 Å². The summed E-state index contributed by atoms with van der Waals surface area (Å²) in [4.78, 5) is 0. The van der Waals surface area contributed by atoms with Crippen LogP contribution in [0.1, 0.15) is 17.4 Å². The highest BCUT2D eigenvalue weighted by Gasteiger charge is 2.31. The fraction of sp³-hybridized carbons (Fsp3) is 0.200. The fourth-order valence-corrected chi connectivity index (χ4v) is 2.57. The van der Waals surface area contributed by atoms with Crippen molar-refractivity contribution >= 4 is 33.5 Å². The molecule has 2 aromatic carbocycles. The lowest BCUT2D eigenvalue weighted by Gasteiger charge is -2.12. The van der Waals surface area contributed by atoms with E-state index in [9.17, 15) is 13.2 Å². The van der Waals surface area contributed by atoms with Gasteiger partial charge >= 0.3 is 6.18 Å². The van der Waals surface area contributed by atoms with Crippen molar-refractivity contribution in [1.29, 1.82) is 0 Å². The van der Waals surface area contributed by atoms with E-state index in [1.165, 1.54) is 0 Å². The summed E-state index contributed by atoms with van der Waals surface area (Å²) < 4.78 is 42.8. The van der Waals surface area contributed by atoms with E-state index in [4.69, 9.17) is 16.0 Å². The van der Waals surface area contributed by atoms with Crippen LogP contribution in [0, 0.1) is 0 Å². The third kappa shape index (κ3) is 2.48. The van der Waals surface area contributed by atoms with Gasteiger partial charge in [0.2, 0.25) is 0 Å². The fourth-order valence-electron chi connectivity index (χ4n) is 2.26. The second-order valence-electron chi connectivity index (χ2n) is 4.64. The molecule has 0 bridgehead atoms. The summed E-state index contributed by atoms with van der Waals surface area (Å²) in [7, 11) is 0. The molecule has 1 atom stereocenters. The summed E-state index contributed by atoms with van der Waals surface area (Å²) in [5.74, 6) is 0. The minimum atomic E-state index is -4.28. The second-order valence-corrected chi connectivity index (χ2v) is 5.17. The Kier molecular flexibility index (Phi) is 3.13. The molecule has 20 heavy (non-hydrogen) atoms. The van der Waals surface area contributed by atoms with Crippen LogP contribution < -0.4 is 0 Å². The standard InChI is InChI=1S/C15H10ClF3O/c16-12(8-15(17,18)19)9-5-6-14-11(7-9)10-3-1-2-4-13(10)20-14/h1-7,12H,8H2. The minimum Gasteiger partial charge on any atom is -0.456 e. The summed E-state index contributed by atoms with van der Waals surface area (Å²) in [6.45, 7) is 0. The van der Waals surface area contributed by atoms with Crippen LogP contribution in [-0.2, 0) is 0 Å². The van der Waals surface area contributed by atoms with Crippen molar-refractivity contribution in [2.45, 2.75) is 18.0 Å². The molecule has 3 rings (SSSR count). The lowest BCUT2D eigenvalue weighted by molar-refractivity contribution is -0.134. The van der Waals surface area contributed by atoms with Crippen LogP contribution in [0.3, 0.4) is 0 Å². The predicted octanol–water partition coefficient (Wildman–Crippen LogP) is 5.82. The van der Waals surface area contributed by atoms with Crippen molar-refractivity contribution in [3.05, 3.63) is 48.0 Å². The molecule has 0 radical (unpaired) electrons. The largest absolute Gasteiger partial charge is 0.456 e. The van der Waals surface area contributed by atoms with Gasteiger partial charge in [0.15, 0.2) is 0 Å². The average molecular weight is 299 g/mol. The zero-order chi connectivity index (χ0) is 14.3. The minimum absolute atomic E-state index is 0.447. The van der Waals surface area contributed by atoms with E-state index in [-0.39, 0.29) is 0 Å². The smallest absolute Gasteiger partial charge is 0.390 e. The van der Waals surface area contributed by atoms with Crippen molar-refractivity contribution in [3.8, 4) is 0 Å². The van der Waals surface area contributed by atoms with Crippen molar-refractivity contribution < 1.29 is 17.6 Å². The Hall–Kier alpha value is -1.68. The Balaban J connectivity index is 2.07. The summed E-state index contributed by atoms with van der Waals surface area (Å²) in [6.07, 6.45) is -5.32. The van der Waals surface area contributed by atoms with Crippen molar-refractivity contribution in [2.75, 3.05) is 0 Å². The first-order valence-electron chi connectivity index (χ1n) is 6.06. The van der Waals surface area contributed by atoms with Gasteiger partial charge in [-0.3, -0.25) is 0 Å². The molecule has 0 amide bonds. The molecule has 0 fully saturated rings. The van der Waals surface area contributed by atoms with Crippen LogP contribution in [0.5, 0.6) is 0 Å². The summed E-state index contributed by atoms with van der Waals surface area (Å²) in [5.41, 5.74) is 1.80. The highest BCUT2D eigenvalue weighted by molar-refractivity contribution is 6.21. The van der Waals surface area contributed by atoms with Gasteiger partial charge < -0.3 is 4.42 Å². The molecule has 5 heteroatoms. The number of alkyl halides is 4. The zero-order valence-corrected chi connectivity index (χ0v) is 11.0. The van der Waals surface area contributed by atoms with Crippen molar-refractivity contribution in [3.63, 3.8) is 0 Å². The first-order valence-corrected chi connectivity index (χ1v) is 6.50. The third-order valence-electron chi connectivity index (χ3n) is 3.17. The van der Waals surface area contributed by atoms with Crippen LogP contribution in [0.15, 0.2) is 46.9 Å². The highest BCUT2D eigenvalue weighted by atomic mass is 35.5. The number of hydrogen-bond donors (Lipinski definition) is 0. The van der Waals surface area contributed by atoms with Gasteiger partial charge in [-0.2, -0.15) is 13.2 Å². The van der Waals surface area contributed by atoms with E-state index in [0.29, 0.717) is 16.7 Å². The quantitative estimate of drug-likeness (QED) is 0.543. The monoisotopic (exact) mass is 298 g/mol. The van der Waals surface area contributed by atoms with Crippen molar-refractivity contribution in [1.82, 2.24) is 0 Å². The normalized spacial score (nSPS) is 14.0. The predicted molar refractivity (Wildman–Crippen MR) is 73.0 cm³/mol. The summed E-state index contributed by atoms with van der Waals surface area (Å²) >= 11 is 5.86. The molecule has 1 nitrogen and oxygen atoms in total. The molecule has 0 aliphatic carbocycles. The van der Waals surface area contributed by atoms with E-state index in [1.807, 2.05) is 24.3 Å². The van der Waals surface area contributed by atoms with E-state index in [1.54, 1.807) is 18.2 Å². The van der Waals surface area contributed by atoms with E-state index in [0.717, 1.165) is 10.8 Å². The summed E-state index contributed by atoms with van der Waals surface area (Å²) in [5, 5.41) is 0.569. The maximum atomic E-state index is 12.4. The first-order chi connectivity index (χ1) is 9.44. The zero-order valence-electron chi connectivity index (χ0n) is 10.2. The molecule has 104 valence electrons. The number of halogens is 4. The Morgan fingerprint density at radius 3 is 2.45 bits per heavy atom. The molecular weight excluding hydrogens is 289 g/mol. The van der Waals surface area contributed by atoms with E-state index < -0.39 is 18.0 Å². The molecule has 1 unspecified atom stereocenters. The van der Waals surface area contributed by atoms with Crippen LogP contribution >= 0.6 is 11.6 Å². The lowest BCUT2D eigenvalue weighted by atomic mass is 10.1. The summed E-state index contributed by atoms with van der Waals surface area (Å²) in [6, 6.07) is 12.3. The van der Waals surface area contributed by atoms with Crippen molar-refractivity contribution in [2.24, 2.45) is 0 Å². The first kappa shape index (κ1) is 13.3. The molecule has 0 aliphatic rings. The van der Waals surface area contributed by atoms with Crippen LogP contribution in [-0.4, -0.2) is 6.18 Å². The molecule has 0 aliphatic heterocycles. The Bertz CT molecular complexity index is 760. The van der Waals surface area contributed by atoms with Crippen LogP contribution in [0.25, 0.3) is 21.9 Å². The highest BCUT2D eigenvalue weighted by Crippen LogP contribution is 2.37. The average Bonchev–Trinajstić information content (AvgIpc) is 2.74. The van der Waals surface area contributed by atoms with Gasteiger partial charge in [0, 0.05) is 10.8 Å². The molecule has 0 saturated heterocycles. The molecule has 1 heterocycles. The van der Waals surface area contributed by atoms with Gasteiger partial charge in [0.1, 0.15) is 11.2 Å². The van der Waals surface area contributed by atoms with Gasteiger partial charge in [-0.05, 0) is 23.8 Å². The topological polar surface area (TPSA) is 13.1 Å². The van der Waals surface area contributed by atoms with Crippen LogP contribution in [0.4, 0.5) is 13.2 Å². The van der Waals surface area contributed by atoms with Gasteiger partial charge in [0.05, 0.1) is 11.8 Å². The molecule has 3 aromatic rings. The Labute approximate surface area is 117 Å². The second kappa shape index (κ2) is 4.70. The maximum absolute atomic E-state index is 12.4.